The second-order valence-corrected chi connectivity index (χ2v) is 1.86. The minimum atomic E-state index is 0.645. The van der Waals surface area contributed by atoms with E-state index in [0.717, 1.165) is 0 Å². The van der Waals surface area contributed by atoms with E-state index in [1.807, 2.05) is 6.92 Å². The van der Waals surface area contributed by atoms with E-state index in [9.17, 15) is 0 Å². The molecule has 54 valence electrons. The molecule has 2 N–H and O–H groups in total. The molecular formula is C7H10N2O. The fourth-order valence-corrected chi connectivity index (χ4v) is 0.619. The zero-order valence-corrected chi connectivity index (χ0v) is 5.87. The van der Waals surface area contributed by atoms with Gasteiger partial charge in [-0.15, -0.1) is 0 Å². The van der Waals surface area contributed by atoms with Gasteiger partial charge >= 0.3 is 0 Å². The van der Waals surface area contributed by atoms with E-state index in [4.69, 9.17) is 10.5 Å². The zero-order valence-electron chi connectivity index (χ0n) is 5.87. The summed E-state index contributed by atoms with van der Waals surface area (Å²) in [6.07, 6.45) is 4.96. The lowest BCUT2D eigenvalue weighted by Gasteiger charge is -1.96. The van der Waals surface area contributed by atoms with E-state index in [-0.39, 0.29) is 0 Å². The lowest BCUT2D eigenvalue weighted by molar-refractivity contribution is 0.266. The Balaban J connectivity index is 2.57. The van der Waals surface area contributed by atoms with Gasteiger partial charge in [0, 0.05) is 6.21 Å². The quantitative estimate of drug-likeness (QED) is 0.573. The molecule has 0 aromatic rings. The summed E-state index contributed by atoms with van der Waals surface area (Å²) in [7, 11) is 0. The smallest absolute Gasteiger partial charge is 0.120 e. The maximum atomic E-state index is 5.51. The van der Waals surface area contributed by atoms with Crippen LogP contribution in [0.4, 0.5) is 0 Å². The fraction of sp³-hybridized carbons (Fsp3) is 0.286. The lowest BCUT2D eigenvalue weighted by Crippen LogP contribution is -1.96. The molecule has 0 spiro atoms. The first-order chi connectivity index (χ1) is 4.84. The summed E-state index contributed by atoms with van der Waals surface area (Å²) < 4.78 is 4.99. The monoisotopic (exact) mass is 138 g/mol. The molecule has 0 aromatic carbocycles. The van der Waals surface area contributed by atoms with Crippen LogP contribution in [0.2, 0.25) is 0 Å². The molecule has 1 aliphatic heterocycles. The Hall–Kier alpha value is -1.25. The second kappa shape index (κ2) is 3.06. The minimum Gasteiger partial charge on any atom is -0.499 e. The van der Waals surface area contributed by atoms with Crippen molar-refractivity contribution in [3.05, 3.63) is 23.7 Å². The predicted molar refractivity (Wildman–Crippen MR) is 40.5 cm³/mol. The van der Waals surface area contributed by atoms with Crippen molar-refractivity contribution >= 4 is 6.21 Å². The summed E-state index contributed by atoms with van der Waals surface area (Å²) in [5.41, 5.74) is 6.88. The van der Waals surface area contributed by atoms with Crippen LogP contribution in [0.15, 0.2) is 28.7 Å². The van der Waals surface area contributed by atoms with Gasteiger partial charge in [-0.05, 0) is 13.0 Å². The van der Waals surface area contributed by atoms with Crippen molar-refractivity contribution in [3.8, 4) is 0 Å². The Bertz CT molecular complexity index is 204. The van der Waals surface area contributed by atoms with Crippen LogP contribution in [0.25, 0.3) is 0 Å². The molecule has 1 heterocycles. The summed E-state index contributed by atoms with van der Waals surface area (Å²) in [6.45, 7) is 2.56. The average molecular weight is 138 g/mol. The second-order valence-electron chi connectivity index (χ2n) is 1.86. The first kappa shape index (κ1) is 6.86. The first-order valence-corrected chi connectivity index (χ1v) is 3.16. The van der Waals surface area contributed by atoms with Crippen LogP contribution in [0, 0.1) is 0 Å². The molecule has 0 amide bonds. The van der Waals surface area contributed by atoms with Gasteiger partial charge in [0.25, 0.3) is 0 Å². The molecule has 0 fully saturated rings. The molecule has 0 radical (unpaired) electrons. The summed E-state index contributed by atoms with van der Waals surface area (Å²) in [6, 6.07) is 0. The van der Waals surface area contributed by atoms with Crippen molar-refractivity contribution in [2.75, 3.05) is 6.61 Å². The van der Waals surface area contributed by atoms with Crippen LogP contribution in [0.5, 0.6) is 0 Å². The molecule has 3 nitrogen and oxygen atoms in total. The molecule has 1 rings (SSSR count). The Kier molecular flexibility index (Phi) is 2.10. The predicted octanol–water partition coefficient (Wildman–Crippen LogP) is 0.791. The molecule has 0 aliphatic carbocycles. The van der Waals surface area contributed by atoms with Crippen molar-refractivity contribution in [1.82, 2.24) is 0 Å². The SMILES string of the molecule is CCOC=C1N=CC=C1N. The van der Waals surface area contributed by atoms with Gasteiger partial charge in [-0.1, -0.05) is 0 Å². The van der Waals surface area contributed by atoms with Crippen molar-refractivity contribution in [1.29, 1.82) is 0 Å². The summed E-state index contributed by atoms with van der Waals surface area (Å²) in [5.74, 6) is 0. The highest BCUT2D eigenvalue weighted by Gasteiger charge is 2.01. The van der Waals surface area contributed by atoms with Crippen LogP contribution in [-0.4, -0.2) is 12.8 Å². The molecule has 0 unspecified atom stereocenters. The van der Waals surface area contributed by atoms with Crippen LogP contribution in [-0.2, 0) is 4.74 Å². The number of hydrogen-bond donors (Lipinski definition) is 1. The molecule has 3 heteroatoms. The topological polar surface area (TPSA) is 47.6 Å². The maximum absolute atomic E-state index is 5.51. The fourth-order valence-electron chi connectivity index (χ4n) is 0.619. The first-order valence-electron chi connectivity index (χ1n) is 3.16. The largest absolute Gasteiger partial charge is 0.499 e. The van der Waals surface area contributed by atoms with Crippen molar-refractivity contribution in [3.63, 3.8) is 0 Å². The van der Waals surface area contributed by atoms with Crippen molar-refractivity contribution in [2.24, 2.45) is 10.7 Å². The Morgan fingerprint density at radius 3 is 3.10 bits per heavy atom. The Morgan fingerprint density at radius 1 is 1.80 bits per heavy atom. The molecule has 0 saturated carbocycles. The number of allylic oxidation sites excluding steroid dienone is 1. The van der Waals surface area contributed by atoms with Gasteiger partial charge in [-0.3, -0.25) is 4.99 Å². The van der Waals surface area contributed by atoms with Crippen molar-refractivity contribution in [2.45, 2.75) is 6.92 Å². The van der Waals surface area contributed by atoms with E-state index < -0.39 is 0 Å². The van der Waals surface area contributed by atoms with Crippen LogP contribution in [0.1, 0.15) is 6.92 Å². The summed E-state index contributed by atoms with van der Waals surface area (Å²) >= 11 is 0. The summed E-state index contributed by atoms with van der Waals surface area (Å²) in [4.78, 5) is 3.95. The number of nitrogens with zero attached hydrogens (tertiary/aromatic N) is 1. The van der Waals surface area contributed by atoms with E-state index in [1.54, 1.807) is 18.6 Å². The molecule has 0 saturated heterocycles. The van der Waals surface area contributed by atoms with Gasteiger partial charge in [-0.2, -0.15) is 0 Å². The molecule has 0 aromatic heterocycles. The molecule has 0 bridgehead atoms. The molecule has 0 atom stereocenters. The van der Waals surface area contributed by atoms with Gasteiger partial charge < -0.3 is 10.5 Å². The summed E-state index contributed by atoms with van der Waals surface area (Å²) in [5, 5.41) is 0. The normalized spacial score (nSPS) is 19.7. The standard InChI is InChI=1S/C7H10N2O/c1-2-10-5-7-6(8)3-4-9-7/h3-5H,2,8H2,1H3. The molecule has 10 heavy (non-hydrogen) atoms. The number of rotatable bonds is 2. The van der Waals surface area contributed by atoms with E-state index in [0.29, 0.717) is 18.0 Å². The Morgan fingerprint density at radius 2 is 2.60 bits per heavy atom. The average Bonchev–Trinajstić information content (AvgIpc) is 2.31. The number of nitrogens with two attached hydrogens (primary N) is 1. The van der Waals surface area contributed by atoms with E-state index in [2.05, 4.69) is 4.99 Å². The maximum Gasteiger partial charge on any atom is 0.120 e. The molecular weight excluding hydrogens is 128 g/mol. The van der Waals surface area contributed by atoms with E-state index in [1.165, 1.54) is 0 Å². The number of ether oxygens (including phenoxy) is 1. The van der Waals surface area contributed by atoms with E-state index >= 15 is 0 Å². The minimum absolute atomic E-state index is 0.645. The van der Waals surface area contributed by atoms with Crippen molar-refractivity contribution < 1.29 is 4.74 Å². The highest BCUT2D eigenvalue weighted by Crippen LogP contribution is 2.09. The number of hydrogen-bond acceptors (Lipinski definition) is 3. The van der Waals surface area contributed by atoms with Gasteiger partial charge in [0.1, 0.15) is 12.0 Å². The molecule has 1 aliphatic rings. The van der Waals surface area contributed by atoms with Gasteiger partial charge in [0.2, 0.25) is 0 Å². The zero-order chi connectivity index (χ0) is 7.40. The third-order valence-corrected chi connectivity index (χ3v) is 1.13. The van der Waals surface area contributed by atoms with Crippen LogP contribution < -0.4 is 5.73 Å². The van der Waals surface area contributed by atoms with Gasteiger partial charge in [0.15, 0.2) is 0 Å². The third-order valence-electron chi connectivity index (χ3n) is 1.13. The van der Waals surface area contributed by atoms with Crippen LogP contribution >= 0.6 is 0 Å². The highest BCUT2D eigenvalue weighted by atomic mass is 16.5. The van der Waals surface area contributed by atoms with Gasteiger partial charge in [-0.25, -0.2) is 0 Å². The third kappa shape index (κ3) is 1.37. The highest BCUT2D eigenvalue weighted by molar-refractivity contribution is 5.78. The number of aliphatic imine (C=N–C) groups is 1. The van der Waals surface area contributed by atoms with Crippen LogP contribution in [0.3, 0.4) is 0 Å². The van der Waals surface area contributed by atoms with Gasteiger partial charge in [0.05, 0.1) is 12.3 Å². The Labute approximate surface area is 59.9 Å². The lowest BCUT2D eigenvalue weighted by atomic mass is 10.4.